The number of aliphatic hydroxyl groups is 3. The van der Waals surface area contributed by atoms with Gasteiger partial charge in [0.05, 0.1) is 20.8 Å². The number of hydrogen-bond donors (Lipinski definition) is 6. The van der Waals surface area contributed by atoms with Crippen molar-refractivity contribution >= 4 is 40.4 Å². The Labute approximate surface area is 262 Å². The summed E-state index contributed by atoms with van der Waals surface area (Å²) in [4.78, 5) is 57.2. The van der Waals surface area contributed by atoms with Crippen molar-refractivity contribution in [1.82, 2.24) is 19.5 Å². The van der Waals surface area contributed by atoms with E-state index in [1.807, 2.05) is 0 Å². The zero-order valence-electron chi connectivity index (χ0n) is 18.3. The van der Waals surface area contributed by atoms with Gasteiger partial charge in [-0.1, -0.05) is 0 Å². The fourth-order valence-corrected chi connectivity index (χ4v) is 4.84. The number of aromatic nitrogens is 4. The zero-order valence-corrected chi connectivity index (χ0v) is 27.0. The van der Waals surface area contributed by atoms with Crippen molar-refractivity contribution < 1.29 is 156 Å². The number of anilines is 1. The zero-order chi connectivity index (χ0) is 24.5. The van der Waals surface area contributed by atoms with Crippen molar-refractivity contribution in [2.45, 2.75) is 24.5 Å². The summed E-state index contributed by atoms with van der Waals surface area (Å²) in [6.45, 7) is -0.390. The van der Waals surface area contributed by atoms with Gasteiger partial charge in [0.2, 0.25) is 0 Å². The number of aliphatic hydroxyl groups excluding tert-OH is 3. The Morgan fingerprint density at radius 2 is 1.60 bits per heavy atom. The Hall–Kier alpha value is 1.60. The van der Waals surface area contributed by atoms with Crippen LogP contribution in [0.25, 0.3) is 11.2 Å². The van der Waals surface area contributed by atoms with E-state index in [0.717, 1.165) is 0 Å². The van der Waals surface area contributed by atoms with Crippen LogP contribution in [0.3, 0.4) is 0 Å². The Morgan fingerprint density at radius 3 is 2.06 bits per heavy atom. The molecule has 2 aromatic heterocycles. The number of nitrogen functional groups attached to an aromatic ring is 1. The Balaban J connectivity index is 0. The molecule has 0 bridgehead atoms. The molecule has 0 spiro atoms. The molecular formula is C10H15N5Na3O14P3. The van der Waals surface area contributed by atoms with Gasteiger partial charge in [-0.15, -0.1) is 0 Å². The third-order valence-corrected chi connectivity index (χ3v) is 6.84. The van der Waals surface area contributed by atoms with Gasteiger partial charge in [0.1, 0.15) is 30.2 Å². The molecule has 25 heteroatoms. The number of rotatable bonds is 6. The molecule has 5 atom stereocenters. The third kappa shape index (κ3) is 11.7. The van der Waals surface area contributed by atoms with Crippen LogP contribution < -0.4 is 109 Å². The maximum absolute atomic E-state index is 10.2. The van der Waals surface area contributed by atoms with Crippen LogP contribution in [0.15, 0.2) is 12.7 Å². The number of nitrogens with two attached hydrogens (primary N) is 1. The van der Waals surface area contributed by atoms with Crippen LogP contribution in [-0.2, 0) is 27.1 Å². The van der Waals surface area contributed by atoms with E-state index in [-0.39, 0.29) is 94.5 Å². The molecule has 182 valence electrons. The Morgan fingerprint density at radius 1 is 1.03 bits per heavy atom. The minimum absolute atomic E-state index is 0. The van der Waals surface area contributed by atoms with Gasteiger partial charge in [-0.25, -0.2) is 23.8 Å². The maximum atomic E-state index is 10.2. The molecule has 0 aromatic carbocycles. The van der Waals surface area contributed by atoms with E-state index in [0.29, 0.717) is 11.2 Å². The maximum Gasteiger partial charge on any atom is 1.00 e. The minimum Gasteiger partial charge on any atom is -0.790 e. The van der Waals surface area contributed by atoms with Crippen molar-refractivity contribution in [1.29, 1.82) is 0 Å². The monoisotopic (exact) mass is 591 g/mol. The molecule has 35 heavy (non-hydrogen) atoms. The van der Waals surface area contributed by atoms with E-state index in [1.54, 1.807) is 0 Å². The number of nitrogens with zero attached hydrogens (tertiary/aromatic N) is 4. The molecule has 1 aliphatic rings. The summed E-state index contributed by atoms with van der Waals surface area (Å²) in [6.07, 6.45) is -1.42. The average molecular weight is 591 g/mol. The number of phosphoric acid groups is 3. The van der Waals surface area contributed by atoms with Crippen LogP contribution in [0.1, 0.15) is 6.23 Å². The fourth-order valence-electron chi connectivity index (χ4n) is 2.43. The summed E-state index contributed by atoms with van der Waals surface area (Å²) >= 11 is 0. The van der Waals surface area contributed by atoms with Crippen molar-refractivity contribution in [2.75, 3.05) is 12.3 Å². The van der Waals surface area contributed by atoms with Gasteiger partial charge >= 0.3 is 96.5 Å². The molecule has 1 aliphatic heterocycles. The SMILES string of the molecule is Nc1ncnc2c1ncn2[C@@H]1O[C@H](CO)[C@@H](O)[C@H]1O.O=P([O-])([O-])OP(=O)([O-])OP(=O)(O)O.[Na+].[Na+].[Na+]. The molecule has 0 amide bonds. The van der Waals surface area contributed by atoms with E-state index < -0.39 is 54.6 Å². The first-order valence-corrected chi connectivity index (χ1v) is 12.4. The van der Waals surface area contributed by atoms with Gasteiger partial charge in [-0.3, -0.25) is 13.4 Å². The summed E-state index contributed by atoms with van der Waals surface area (Å²) in [5.41, 5.74) is 6.44. The molecule has 0 saturated carbocycles. The summed E-state index contributed by atoms with van der Waals surface area (Å²) < 4.78 is 42.2. The molecule has 7 N–H and O–H groups in total. The fraction of sp³-hybridized carbons (Fsp3) is 0.500. The van der Waals surface area contributed by atoms with Gasteiger partial charge in [-0.2, -0.15) is 0 Å². The van der Waals surface area contributed by atoms with Gasteiger partial charge in [-0.05, 0) is 0 Å². The first-order valence-electron chi connectivity index (χ1n) is 7.91. The largest absolute Gasteiger partial charge is 1.00 e. The summed E-state index contributed by atoms with van der Waals surface area (Å²) in [5, 5.41) is 28.7. The van der Waals surface area contributed by atoms with E-state index in [2.05, 4.69) is 23.6 Å². The molecule has 1 unspecified atom stereocenters. The Bertz CT molecular complexity index is 1070. The van der Waals surface area contributed by atoms with E-state index in [1.165, 1.54) is 17.2 Å². The van der Waals surface area contributed by atoms with E-state index in [4.69, 9.17) is 25.4 Å². The summed E-state index contributed by atoms with van der Waals surface area (Å²) in [6, 6.07) is 0. The molecule has 19 nitrogen and oxygen atoms in total. The number of hydrogen-bond acceptors (Lipinski definition) is 16. The van der Waals surface area contributed by atoms with Crippen molar-refractivity contribution in [2.24, 2.45) is 0 Å². The predicted molar refractivity (Wildman–Crippen MR) is 92.2 cm³/mol. The van der Waals surface area contributed by atoms with Crippen LogP contribution in [0.2, 0.25) is 0 Å². The second-order valence-corrected chi connectivity index (χ2v) is 9.94. The van der Waals surface area contributed by atoms with Crippen LogP contribution in [-0.4, -0.2) is 69.5 Å². The third-order valence-electron chi connectivity index (χ3n) is 3.58. The number of imidazole rings is 1. The van der Waals surface area contributed by atoms with Crippen LogP contribution in [0.5, 0.6) is 0 Å². The van der Waals surface area contributed by atoms with Gasteiger partial charge < -0.3 is 54.8 Å². The number of fused-ring (bicyclic) bond motifs is 1. The topological polar surface area (TPSA) is 319 Å². The van der Waals surface area contributed by atoms with Crippen molar-refractivity contribution in [3.63, 3.8) is 0 Å². The summed E-state index contributed by atoms with van der Waals surface area (Å²) in [5.74, 6) is 0.218. The normalized spacial score (nSPS) is 23.7. The molecule has 0 aliphatic carbocycles. The molecule has 0 radical (unpaired) electrons. The first kappa shape index (κ1) is 38.7. The van der Waals surface area contributed by atoms with Crippen LogP contribution in [0, 0.1) is 0 Å². The minimum atomic E-state index is -5.92. The molecular weight excluding hydrogens is 576 g/mol. The van der Waals surface area contributed by atoms with Gasteiger partial charge in [0.25, 0.3) is 7.82 Å². The predicted octanol–water partition coefficient (Wildman–Crippen LogP) is -13.6. The smallest absolute Gasteiger partial charge is 0.790 e. The van der Waals surface area contributed by atoms with E-state index in [9.17, 15) is 38.6 Å². The van der Waals surface area contributed by atoms with Gasteiger partial charge in [0, 0.05) is 0 Å². The second kappa shape index (κ2) is 15.4. The van der Waals surface area contributed by atoms with E-state index >= 15 is 0 Å². The second-order valence-electron chi connectivity index (χ2n) is 5.86. The quantitative estimate of drug-likeness (QED) is 0.134. The molecule has 3 heterocycles. The molecule has 1 saturated heterocycles. The Kier molecular flexibility index (Phi) is 17.1. The van der Waals surface area contributed by atoms with Crippen molar-refractivity contribution in [3.05, 3.63) is 12.7 Å². The van der Waals surface area contributed by atoms with Crippen molar-refractivity contribution in [3.8, 4) is 0 Å². The number of ether oxygens (including phenoxy) is 1. The standard InChI is InChI=1S/C10H13N5O4.3Na.H5O10P3/c11-8-5-9(13-2-12-8)15(3-14-5)10-7(18)6(17)4(1-16)19-10;;;;1-11(2,3)9-13(7,8)10-12(4,5)6/h2-4,6-7,10,16-18H,1H2,(H2,11,12,13);;;;(H,7,8)(H2,1,2,3)(H2,4,5,6)/q;3*+1;/p-3/t4-,6-,7-,10-;;;;/m1..../s1. The van der Waals surface area contributed by atoms with Crippen LogP contribution >= 0.6 is 23.5 Å². The molecule has 1 fully saturated rings. The average Bonchev–Trinajstić information content (AvgIpc) is 3.14. The van der Waals surface area contributed by atoms with Gasteiger partial charge in [0.15, 0.2) is 17.7 Å². The molecule has 2 aromatic rings. The first-order chi connectivity index (χ1) is 14.5. The summed E-state index contributed by atoms with van der Waals surface area (Å²) in [7, 11) is -17.2. The molecule has 3 rings (SSSR count). The van der Waals surface area contributed by atoms with Crippen LogP contribution in [0.4, 0.5) is 5.82 Å².